The van der Waals surface area contributed by atoms with E-state index in [9.17, 15) is 27.5 Å². The first-order chi connectivity index (χ1) is 16.6. The topological polar surface area (TPSA) is 141 Å². The minimum absolute atomic E-state index is 0.0231. The van der Waals surface area contributed by atoms with Crippen molar-refractivity contribution in [3.05, 3.63) is 64.5 Å². The van der Waals surface area contributed by atoms with E-state index in [1.807, 2.05) is 0 Å². The number of fused-ring (bicyclic) bond motifs is 2. The first-order valence-electron chi connectivity index (χ1n) is 10.2. The molecule has 0 fully saturated rings. The number of aromatic nitrogens is 7. The summed E-state index contributed by atoms with van der Waals surface area (Å²) in [7, 11) is 0. The van der Waals surface area contributed by atoms with Crippen molar-refractivity contribution in [3.8, 4) is 11.5 Å². The van der Waals surface area contributed by atoms with Crippen LogP contribution in [0, 0.1) is 5.82 Å². The highest BCUT2D eigenvalue weighted by Gasteiger charge is 2.39. The number of nitrogens with zero attached hydrogens (tertiary/aromatic N) is 6. The number of nitrogens with two attached hydrogens (primary N) is 1. The lowest BCUT2D eigenvalue weighted by Gasteiger charge is -2.15. The van der Waals surface area contributed by atoms with Crippen LogP contribution in [0.4, 0.5) is 23.4 Å². The molecule has 0 radical (unpaired) electrons. The van der Waals surface area contributed by atoms with Crippen LogP contribution in [0.3, 0.4) is 0 Å². The lowest BCUT2D eigenvalue weighted by molar-refractivity contribution is -0.207. The van der Waals surface area contributed by atoms with Crippen LogP contribution in [0.1, 0.15) is 5.56 Å². The number of halogens is 4. The summed E-state index contributed by atoms with van der Waals surface area (Å²) in [5.74, 6) is -0.737. The molecule has 0 bridgehead atoms. The van der Waals surface area contributed by atoms with Gasteiger partial charge in [-0.25, -0.2) is 28.8 Å². The van der Waals surface area contributed by atoms with E-state index in [0.717, 1.165) is 0 Å². The van der Waals surface area contributed by atoms with E-state index >= 15 is 0 Å². The van der Waals surface area contributed by atoms with Crippen molar-refractivity contribution in [1.82, 2.24) is 34.3 Å². The average molecular weight is 488 g/mol. The van der Waals surface area contributed by atoms with Gasteiger partial charge in [-0.15, -0.1) is 0 Å². The van der Waals surface area contributed by atoms with Gasteiger partial charge in [-0.3, -0.25) is 9.55 Å². The molecule has 0 amide bonds. The lowest BCUT2D eigenvalue weighted by Crippen LogP contribution is -2.35. The second kappa shape index (κ2) is 8.16. The number of rotatable bonds is 5. The lowest BCUT2D eigenvalue weighted by atomic mass is 10.2. The van der Waals surface area contributed by atoms with Gasteiger partial charge >= 0.3 is 11.9 Å². The van der Waals surface area contributed by atoms with Crippen LogP contribution in [0.15, 0.2) is 47.4 Å². The summed E-state index contributed by atoms with van der Waals surface area (Å²) < 4.78 is 54.7. The van der Waals surface area contributed by atoms with E-state index < -0.39 is 30.3 Å². The minimum Gasteiger partial charge on any atom is -0.382 e. The maximum atomic E-state index is 14.2. The Labute approximate surface area is 192 Å². The van der Waals surface area contributed by atoms with E-state index in [2.05, 4.69) is 25.0 Å². The van der Waals surface area contributed by atoms with Crippen molar-refractivity contribution < 1.29 is 22.7 Å². The van der Waals surface area contributed by atoms with E-state index in [4.69, 9.17) is 5.73 Å². The number of aromatic amines is 1. The second-order valence-electron chi connectivity index (χ2n) is 7.70. The molecular weight excluding hydrogens is 472 g/mol. The van der Waals surface area contributed by atoms with Gasteiger partial charge in [0.1, 0.15) is 17.0 Å². The third-order valence-electron chi connectivity index (χ3n) is 5.38. The molecule has 0 aliphatic carbocycles. The van der Waals surface area contributed by atoms with Crippen molar-refractivity contribution in [2.75, 3.05) is 5.73 Å². The van der Waals surface area contributed by atoms with Crippen LogP contribution in [0.25, 0.3) is 33.7 Å². The molecular formula is C21H16F4N8O2. The standard InChI is InChI=1S/C21H16F4N8O2/c22-12-6-2-1-4-10(12)8-33-19-11(5-3-7-27-19)14(31-33)17-28-16(26)15-18(29-17)30-20(35)32(15)9-13(34)21(23,24)25/h1-7,13,34H,8-9H2,(H3,26,28,29,30,35). The van der Waals surface area contributed by atoms with Crippen molar-refractivity contribution in [3.63, 3.8) is 0 Å². The highest BCUT2D eigenvalue weighted by atomic mass is 19.4. The number of alkyl halides is 3. The number of imidazole rings is 1. The predicted octanol–water partition coefficient (Wildman–Crippen LogP) is 2.22. The number of nitrogen functional groups attached to an aromatic ring is 1. The van der Waals surface area contributed by atoms with Crippen molar-refractivity contribution in [1.29, 1.82) is 0 Å². The molecule has 0 saturated carbocycles. The molecule has 10 nitrogen and oxygen atoms in total. The van der Waals surface area contributed by atoms with Gasteiger partial charge in [-0.05, 0) is 18.2 Å². The van der Waals surface area contributed by atoms with Gasteiger partial charge in [0.25, 0.3) is 0 Å². The molecule has 1 unspecified atom stereocenters. The van der Waals surface area contributed by atoms with Crippen molar-refractivity contribution in [2.24, 2.45) is 0 Å². The second-order valence-corrected chi connectivity index (χ2v) is 7.70. The molecule has 180 valence electrons. The summed E-state index contributed by atoms with van der Waals surface area (Å²) in [4.78, 5) is 27.3. The van der Waals surface area contributed by atoms with Gasteiger partial charge < -0.3 is 10.8 Å². The molecule has 14 heteroatoms. The number of aliphatic hydroxyl groups excluding tert-OH is 1. The fourth-order valence-electron chi connectivity index (χ4n) is 3.73. The fraction of sp³-hybridized carbons (Fsp3) is 0.190. The summed E-state index contributed by atoms with van der Waals surface area (Å²) in [6.07, 6.45) is -6.19. The maximum Gasteiger partial charge on any atom is 0.416 e. The Bertz CT molecular complexity index is 1620. The zero-order chi connectivity index (χ0) is 24.9. The number of hydrogen-bond acceptors (Lipinski definition) is 7. The summed E-state index contributed by atoms with van der Waals surface area (Å²) in [6.45, 7) is -1.03. The molecule has 4 heterocycles. The molecule has 35 heavy (non-hydrogen) atoms. The SMILES string of the molecule is Nc1nc(-c2nn(Cc3ccccc3F)c3ncccc23)nc2[nH]c(=O)n(CC(O)C(F)(F)F)c12. The maximum absolute atomic E-state index is 14.2. The smallest absolute Gasteiger partial charge is 0.382 e. The van der Waals surface area contributed by atoms with Crippen molar-refractivity contribution >= 4 is 28.0 Å². The highest BCUT2D eigenvalue weighted by molar-refractivity contribution is 5.91. The van der Waals surface area contributed by atoms with E-state index in [1.165, 1.54) is 16.9 Å². The Morgan fingerprint density at radius 1 is 1.14 bits per heavy atom. The Balaban J connectivity index is 1.62. The van der Waals surface area contributed by atoms with Gasteiger partial charge in [0, 0.05) is 11.8 Å². The minimum atomic E-state index is -4.93. The number of aliphatic hydroxyl groups is 1. The average Bonchev–Trinajstić information content (AvgIpc) is 3.32. The van der Waals surface area contributed by atoms with Crippen LogP contribution in [0.5, 0.6) is 0 Å². The zero-order valence-corrected chi connectivity index (χ0v) is 17.7. The molecule has 5 aromatic rings. The summed E-state index contributed by atoms with van der Waals surface area (Å²) >= 11 is 0. The van der Waals surface area contributed by atoms with Gasteiger partial charge in [0.2, 0.25) is 0 Å². The van der Waals surface area contributed by atoms with Gasteiger partial charge in [0.05, 0.1) is 18.5 Å². The number of pyridine rings is 1. The molecule has 1 aromatic carbocycles. The normalized spacial score (nSPS) is 13.1. The third-order valence-corrected chi connectivity index (χ3v) is 5.38. The van der Waals surface area contributed by atoms with Crippen LogP contribution in [-0.4, -0.2) is 51.7 Å². The van der Waals surface area contributed by atoms with Crippen molar-refractivity contribution in [2.45, 2.75) is 25.4 Å². The Hall–Kier alpha value is -4.33. The number of nitrogens with one attached hydrogen (secondary N) is 1. The summed E-state index contributed by atoms with van der Waals surface area (Å²) in [5.41, 5.74) is 5.73. The van der Waals surface area contributed by atoms with E-state index in [0.29, 0.717) is 21.2 Å². The van der Waals surface area contributed by atoms with E-state index in [1.54, 1.807) is 30.3 Å². The summed E-state index contributed by atoms with van der Waals surface area (Å²) in [6, 6.07) is 9.53. The largest absolute Gasteiger partial charge is 0.416 e. The first-order valence-corrected chi connectivity index (χ1v) is 10.2. The van der Waals surface area contributed by atoms with Crippen LogP contribution < -0.4 is 11.4 Å². The Morgan fingerprint density at radius 2 is 1.91 bits per heavy atom. The van der Waals surface area contributed by atoms with Crippen LogP contribution in [0.2, 0.25) is 0 Å². The molecule has 5 rings (SSSR count). The zero-order valence-electron chi connectivity index (χ0n) is 17.7. The molecule has 0 spiro atoms. The Morgan fingerprint density at radius 3 is 2.66 bits per heavy atom. The molecule has 0 saturated heterocycles. The monoisotopic (exact) mass is 488 g/mol. The molecule has 1 atom stereocenters. The summed E-state index contributed by atoms with van der Waals surface area (Å²) in [5, 5.41) is 14.4. The Kier molecular flexibility index (Phi) is 5.24. The molecule has 4 aromatic heterocycles. The number of hydrogen-bond donors (Lipinski definition) is 3. The van der Waals surface area contributed by atoms with Gasteiger partial charge in [0.15, 0.2) is 29.0 Å². The molecule has 0 aliphatic rings. The molecule has 4 N–H and O–H groups in total. The highest BCUT2D eigenvalue weighted by Crippen LogP contribution is 2.28. The quantitative estimate of drug-likeness (QED) is 0.322. The fourth-order valence-corrected chi connectivity index (χ4v) is 3.73. The van der Waals surface area contributed by atoms with Crippen LogP contribution in [-0.2, 0) is 13.1 Å². The predicted molar refractivity (Wildman–Crippen MR) is 117 cm³/mol. The van der Waals surface area contributed by atoms with E-state index in [-0.39, 0.29) is 35.0 Å². The number of anilines is 1. The first kappa shape index (κ1) is 22.5. The number of benzene rings is 1. The number of H-pyrrole nitrogens is 1. The van der Waals surface area contributed by atoms with Gasteiger partial charge in [-0.1, -0.05) is 18.2 Å². The van der Waals surface area contributed by atoms with Gasteiger partial charge in [-0.2, -0.15) is 18.3 Å². The third kappa shape index (κ3) is 3.97. The molecule has 0 aliphatic heterocycles. The van der Waals surface area contributed by atoms with Crippen LogP contribution >= 0.6 is 0 Å².